The van der Waals surface area contributed by atoms with Gasteiger partial charge in [0, 0.05) is 35.0 Å². The van der Waals surface area contributed by atoms with Crippen LogP contribution in [-0.2, 0) is 25.5 Å². The van der Waals surface area contributed by atoms with E-state index in [4.69, 9.17) is 9.47 Å². The number of hydrogen-bond acceptors (Lipinski definition) is 5. The van der Waals surface area contributed by atoms with Gasteiger partial charge in [0.2, 0.25) is 5.91 Å². The van der Waals surface area contributed by atoms with Crippen molar-refractivity contribution < 1.29 is 37.0 Å². The normalized spacial score (nSPS) is 16.5. The molecule has 0 aromatic heterocycles. The van der Waals surface area contributed by atoms with Gasteiger partial charge in [0.05, 0.1) is 13.5 Å². The minimum Gasteiger partial charge on any atom is -0.467 e. The molecule has 1 amide bonds. The van der Waals surface area contributed by atoms with Gasteiger partial charge in [-0.1, -0.05) is 31.9 Å². The smallest absolute Gasteiger partial charge is 0.467 e. The molecule has 1 N–H and O–H groups in total. The predicted octanol–water partition coefficient (Wildman–Crippen LogP) is 3.49. The Morgan fingerprint density at radius 3 is 2.26 bits per heavy atom. The number of carbonyl (C=O) groups excluding carboxylic acids is 2. The molecule has 1 aliphatic heterocycles. The van der Waals surface area contributed by atoms with Gasteiger partial charge in [-0.2, -0.15) is 0 Å². The molecule has 0 aliphatic carbocycles. The molecule has 1 heterocycles. The number of amides is 1. The van der Waals surface area contributed by atoms with E-state index in [9.17, 15) is 22.8 Å². The van der Waals surface area contributed by atoms with Crippen molar-refractivity contribution in [3.8, 4) is 5.75 Å². The SMILES string of the molecule is COC(=O)C1(NC(=O)Cc2c(Br)cc(OC(F)(F)F)cc2Br)CCOCC1. The molecule has 1 aromatic carbocycles. The van der Waals surface area contributed by atoms with Crippen molar-refractivity contribution in [2.45, 2.75) is 31.2 Å². The van der Waals surface area contributed by atoms with Crippen molar-refractivity contribution >= 4 is 43.7 Å². The maximum atomic E-state index is 12.5. The number of rotatable bonds is 5. The third kappa shape index (κ3) is 5.82. The lowest BCUT2D eigenvalue weighted by atomic mass is 9.89. The molecule has 0 saturated carbocycles. The van der Waals surface area contributed by atoms with Crippen LogP contribution in [0.2, 0.25) is 0 Å². The van der Waals surface area contributed by atoms with E-state index in [1.54, 1.807) is 0 Å². The molecule has 1 aromatic rings. The highest BCUT2D eigenvalue weighted by Gasteiger charge is 2.42. The third-order valence-corrected chi connectivity index (χ3v) is 5.40. The number of carbonyl (C=O) groups is 2. The van der Waals surface area contributed by atoms with Gasteiger partial charge in [-0.25, -0.2) is 4.79 Å². The zero-order valence-electron chi connectivity index (χ0n) is 14.1. The fraction of sp³-hybridized carbons (Fsp3) is 0.500. The molecular formula is C16H16Br2F3NO5. The summed E-state index contributed by atoms with van der Waals surface area (Å²) in [6.07, 6.45) is -4.46. The number of nitrogens with one attached hydrogen (secondary N) is 1. The van der Waals surface area contributed by atoms with Gasteiger partial charge < -0.3 is 19.5 Å². The number of methoxy groups -OCH3 is 1. The van der Waals surface area contributed by atoms with Crippen LogP contribution in [0, 0.1) is 0 Å². The molecular weight excluding hydrogens is 503 g/mol. The Morgan fingerprint density at radius 1 is 1.22 bits per heavy atom. The summed E-state index contributed by atoms with van der Waals surface area (Å²) in [5.41, 5.74) is -0.767. The maximum absolute atomic E-state index is 12.5. The van der Waals surface area contributed by atoms with Gasteiger partial charge in [-0.05, 0) is 17.7 Å². The predicted molar refractivity (Wildman–Crippen MR) is 95.2 cm³/mol. The van der Waals surface area contributed by atoms with Crippen LogP contribution in [-0.4, -0.2) is 44.1 Å². The van der Waals surface area contributed by atoms with E-state index in [0.717, 1.165) is 12.1 Å². The van der Waals surface area contributed by atoms with E-state index in [1.165, 1.54) is 7.11 Å². The molecule has 0 bridgehead atoms. The Labute approximate surface area is 170 Å². The number of hydrogen-bond donors (Lipinski definition) is 1. The molecule has 1 fully saturated rings. The number of esters is 1. The summed E-state index contributed by atoms with van der Waals surface area (Å²) in [6, 6.07) is 2.23. The Morgan fingerprint density at radius 2 is 1.78 bits per heavy atom. The highest BCUT2D eigenvalue weighted by molar-refractivity contribution is 9.11. The van der Waals surface area contributed by atoms with Gasteiger partial charge in [-0.15, -0.1) is 13.2 Å². The Balaban J connectivity index is 2.16. The van der Waals surface area contributed by atoms with Crippen molar-refractivity contribution in [3.63, 3.8) is 0 Å². The largest absolute Gasteiger partial charge is 0.573 e. The molecule has 6 nitrogen and oxygen atoms in total. The first kappa shape index (κ1) is 22.0. The second-order valence-corrected chi connectivity index (χ2v) is 7.53. The molecule has 1 aliphatic rings. The van der Waals surface area contributed by atoms with Crippen molar-refractivity contribution in [2.75, 3.05) is 20.3 Å². The fourth-order valence-corrected chi connectivity index (χ4v) is 4.13. The standard InChI is InChI=1S/C16H16Br2F3NO5/c1-25-14(24)15(2-4-26-5-3-15)22-13(23)8-10-11(17)6-9(7-12(10)18)27-16(19,20)21/h6-7H,2-5,8H2,1H3,(H,22,23). The molecule has 0 radical (unpaired) electrons. The molecule has 150 valence electrons. The van der Waals surface area contributed by atoms with E-state index in [1.807, 2.05) is 0 Å². The summed E-state index contributed by atoms with van der Waals surface area (Å²) >= 11 is 6.29. The minimum absolute atomic E-state index is 0.174. The summed E-state index contributed by atoms with van der Waals surface area (Å²) in [4.78, 5) is 24.7. The number of halogens is 5. The molecule has 0 unspecified atom stereocenters. The van der Waals surface area contributed by atoms with Crippen molar-refractivity contribution in [1.82, 2.24) is 5.32 Å². The topological polar surface area (TPSA) is 73.9 Å². The quantitative estimate of drug-likeness (QED) is 0.604. The Kier molecular flexibility index (Phi) is 7.14. The first-order valence-electron chi connectivity index (χ1n) is 7.77. The van der Waals surface area contributed by atoms with Crippen molar-refractivity contribution in [1.29, 1.82) is 0 Å². The average molecular weight is 519 g/mol. The van der Waals surface area contributed by atoms with E-state index >= 15 is 0 Å². The van der Waals surface area contributed by atoms with Crippen molar-refractivity contribution in [2.24, 2.45) is 0 Å². The van der Waals surface area contributed by atoms with E-state index in [0.29, 0.717) is 18.8 Å². The highest BCUT2D eigenvalue weighted by Crippen LogP contribution is 2.34. The molecule has 0 spiro atoms. The van der Waals surface area contributed by atoms with Crippen LogP contribution >= 0.6 is 31.9 Å². The van der Waals surface area contributed by atoms with Crippen LogP contribution < -0.4 is 10.1 Å². The van der Waals surface area contributed by atoms with Gasteiger partial charge in [-0.3, -0.25) is 4.79 Å². The number of alkyl halides is 3. The molecule has 27 heavy (non-hydrogen) atoms. The lowest BCUT2D eigenvalue weighted by Gasteiger charge is -2.35. The lowest BCUT2D eigenvalue weighted by Crippen LogP contribution is -2.58. The molecule has 1 saturated heterocycles. The first-order valence-corrected chi connectivity index (χ1v) is 9.36. The number of ether oxygens (including phenoxy) is 3. The minimum atomic E-state index is -4.83. The Hall–Kier alpha value is -1.33. The van der Waals surface area contributed by atoms with Crippen LogP contribution in [0.4, 0.5) is 13.2 Å². The summed E-state index contributed by atoms with van der Waals surface area (Å²) < 4.78 is 51.5. The van der Waals surface area contributed by atoms with Crippen LogP contribution in [0.3, 0.4) is 0 Å². The lowest BCUT2D eigenvalue weighted by molar-refractivity contribution is -0.274. The second-order valence-electron chi connectivity index (χ2n) is 5.82. The van der Waals surface area contributed by atoms with Crippen molar-refractivity contribution in [3.05, 3.63) is 26.6 Å². The van der Waals surface area contributed by atoms with Gasteiger partial charge in [0.15, 0.2) is 0 Å². The number of benzene rings is 1. The molecule has 0 atom stereocenters. The highest BCUT2D eigenvalue weighted by atomic mass is 79.9. The van der Waals surface area contributed by atoms with Crippen LogP contribution in [0.15, 0.2) is 21.1 Å². The average Bonchev–Trinajstić information content (AvgIpc) is 2.56. The monoisotopic (exact) mass is 517 g/mol. The summed E-state index contributed by atoms with van der Waals surface area (Å²) in [6.45, 7) is 0.596. The zero-order chi connectivity index (χ0) is 20.2. The van der Waals surface area contributed by atoms with Crippen LogP contribution in [0.25, 0.3) is 0 Å². The van der Waals surface area contributed by atoms with Crippen LogP contribution in [0.1, 0.15) is 18.4 Å². The van der Waals surface area contributed by atoms with Gasteiger partial charge >= 0.3 is 12.3 Å². The van der Waals surface area contributed by atoms with Gasteiger partial charge in [0.25, 0.3) is 0 Å². The van der Waals surface area contributed by atoms with Crippen LogP contribution in [0.5, 0.6) is 5.75 Å². The van der Waals surface area contributed by atoms with Gasteiger partial charge in [0.1, 0.15) is 11.3 Å². The second kappa shape index (κ2) is 8.78. The van der Waals surface area contributed by atoms with E-state index in [-0.39, 0.29) is 28.2 Å². The first-order chi connectivity index (χ1) is 12.6. The van der Waals surface area contributed by atoms with E-state index in [2.05, 4.69) is 41.9 Å². The van der Waals surface area contributed by atoms with E-state index < -0.39 is 29.5 Å². The summed E-state index contributed by atoms with van der Waals surface area (Å²) in [5, 5.41) is 2.69. The Bertz CT molecular complexity index is 697. The zero-order valence-corrected chi connectivity index (χ0v) is 17.3. The third-order valence-electron chi connectivity index (χ3n) is 3.99. The molecule has 11 heteroatoms. The summed E-state index contributed by atoms with van der Waals surface area (Å²) in [5.74, 6) is -1.47. The fourth-order valence-electron chi connectivity index (χ4n) is 2.71. The summed E-state index contributed by atoms with van der Waals surface area (Å²) in [7, 11) is 1.23. The maximum Gasteiger partial charge on any atom is 0.573 e. The molecule has 2 rings (SSSR count).